The first kappa shape index (κ1) is 14.8. The van der Waals surface area contributed by atoms with E-state index in [4.69, 9.17) is 5.11 Å². The van der Waals surface area contributed by atoms with Crippen LogP contribution < -0.4 is 5.32 Å². The van der Waals surface area contributed by atoms with Crippen LogP contribution in [0, 0.1) is 5.41 Å². The van der Waals surface area contributed by atoms with Crippen LogP contribution in [-0.2, 0) is 6.54 Å². The Morgan fingerprint density at radius 3 is 2.56 bits per heavy atom. The third kappa shape index (κ3) is 4.94. The molecular weight excluding hydrogens is 230 g/mol. The van der Waals surface area contributed by atoms with E-state index in [2.05, 4.69) is 19.2 Å². The minimum Gasteiger partial charge on any atom is -0.508 e. The minimum atomic E-state index is 0.0690. The van der Waals surface area contributed by atoms with Gasteiger partial charge in [0.05, 0.1) is 0 Å². The van der Waals surface area contributed by atoms with Gasteiger partial charge in [-0.2, -0.15) is 0 Å². The fourth-order valence-corrected chi connectivity index (χ4v) is 1.88. The van der Waals surface area contributed by atoms with Crippen LogP contribution in [0.2, 0.25) is 0 Å². The van der Waals surface area contributed by atoms with E-state index >= 15 is 0 Å². The van der Waals surface area contributed by atoms with Gasteiger partial charge in [-0.05, 0) is 24.3 Å². The van der Waals surface area contributed by atoms with Gasteiger partial charge in [-0.25, -0.2) is 0 Å². The Hall–Kier alpha value is -1.26. The van der Waals surface area contributed by atoms with E-state index < -0.39 is 0 Å². The van der Waals surface area contributed by atoms with Crippen molar-refractivity contribution in [1.82, 2.24) is 5.32 Å². The number of rotatable bonds is 7. The van der Waals surface area contributed by atoms with E-state index in [0.29, 0.717) is 6.54 Å². The molecule has 1 aromatic rings. The second kappa shape index (κ2) is 6.61. The van der Waals surface area contributed by atoms with E-state index in [1.165, 1.54) is 6.07 Å². The summed E-state index contributed by atoms with van der Waals surface area (Å²) in [5.74, 6) is 0.176. The summed E-state index contributed by atoms with van der Waals surface area (Å²) < 4.78 is 0. The van der Waals surface area contributed by atoms with Crippen LogP contribution in [0.4, 0.5) is 0 Å². The molecule has 0 aliphatic heterocycles. The number of aromatic hydroxyl groups is 2. The van der Waals surface area contributed by atoms with Gasteiger partial charge in [0.2, 0.25) is 0 Å². The molecule has 4 N–H and O–H groups in total. The van der Waals surface area contributed by atoms with Crippen molar-refractivity contribution in [2.24, 2.45) is 5.41 Å². The zero-order valence-corrected chi connectivity index (χ0v) is 11.1. The lowest BCUT2D eigenvalue weighted by Gasteiger charge is -2.24. The maximum absolute atomic E-state index is 9.63. The fourth-order valence-electron chi connectivity index (χ4n) is 1.88. The Morgan fingerprint density at radius 2 is 1.94 bits per heavy atom. The predicted molar refractivity (Wildman–Crippen MR) is 71.6 cm³/mol. The summed E-state index contributed by atoms with van der Waals surface area (Å²) in [5, 5.41) is 30.9. The van der Waals surface area contributed by atoms with Gasteiger partial charge in [0.1, 0.15) is 11.5 Å². The Morgan fingerprint density at radius 1 is 1.22 bits per heavy atom. The van der Waals surface area contributed by atoms with E-state index in [1.54, 1.807) is 12.1 Å². The van der Waals surface area contributed by atoms with Crippen molar-refractivity contribution in [3.8, 4) is 11.5 Å². The summed E-state index contributed by atoms with van der Waals surface area (Å²) in [7, 11) is 0. The van der Waals surface area contributed by atoms with Crippen LogP contribution in [-0.4, -0.2) is 28.5 Å². The van der Waals surface area contributed by atoms with Crippen LogP contribution in [0.5, 0.6) is 11.5 Å². The summed E-state index contributed by atoms with van der Waals surface area (Å²) in [6, 6.07) is 4.61. The second-order valence-corrected chi connectivity index (χ2v) is 5.41. The maximum atomic E-state index is 9.63. The Labute approximate surface area is 108 Å². The molecule has 0 fully saturated rings. The number of nitrogens with one attached hydrogen (secondary N) is 1. The molecule has 0 aromatic heterocycles. The number of phenolic OH excluding ortho intramolecular Hbond substituents is 2. The molecule has 0 radical (unpaired) electrons. The van der Waals surface area contributed by atoms with Gasteiger partial charge in [0.15, 0.2) is 0 Å². The summed E-state index contributed by atoms with van der Waals surface area (Å²) in [5.41, 5.74) is 0.890. The van der Waals surface area contributed by atoms with Crippen LogP contribution in [0.15, 0.2) is 18.2 Å². The van der Waals surface area contributed by atoms with Crippen LogP contribution in [0.1, 0.15) is 32.3 Å². The predicted octanol–water partition coefficient (Wildman–Crippen LogP) is 1.99. The molecule has 4 nitrogen and oxygen atoms in total. The minimum absolute atomic E-state index is 0.0690. The summed E-state index contributed by atoms with van der Waals surface area (Å²) >= 11 is 0. The number of aliphatic hydroxyl groups excluding tert-OH is 1. The van der Waals surface area contributed by atoms with Crippen molar-refractivity contribution >= 4 is 0 Å². The summed E-state index contributed by atoms with van der Waals surface area (Å²) in [6.45, 7) is 5.89. The van der Waals surface area contributed by atoms with E-state index in [9.17, 15) is 10.2 Å². The average molecular weight is 253 g/mol. The first-order chi connectivity index (χ1) is 8.44. The van der Waals surface area contributed by atoms with Crippen LogP contribution >= 0.6 is 0 Å². The highest BCUT2D eigenvalue weighted by atomic mass is 16.3. The quantitative estimate of drug-likeness (QED) is 0.599. The molecule has 0 aliphatic carbocycles. The van der Waals surface area contributed by atoms with Gasteiger partial charge in [-0.3, -0.25) is 0 Å². The number of hydrogen-bond donors (Lipinski definition) is 4. The molecule has 18 heavy (non-hydrogen) atoms. The van der Waals surface area contributed by atoms with Gasteiger partial charge < -0.3 is 20.6 Å². The third-order valence-electron chi connectivity index (χ3n) is 3.00. The van der Waals surface area contributed by atoms with Gasteiger partial charge >= 0.3 is 0 Å². The number of phenols is 2. The highest BCUT2D eigenvalue weighted by Gasteiger charge is 2.16. The van der Waals surface area contributed by atoms with Gasteiger partial charge in [-0.15, -0.1) is 0 Å². The smallest absolute Gasteiger partial charge is 0.123 e. The molecule has 1 aromatic carbocycles. The highest BCUT2D eigenvalue weighted by Crippen LogP contribution is 2.24. The van der Waals surface area contributed by atoms with Crippen molar-refractivity contribution in [3.05, 3.63) is 23.8 Å². The highest BCUT2D eigenvalue weighted by molar-refractivity contribution is 5.38. The van der Waals surface area contributed by atoms with E-state index in [0.717, 1.165) is 24.9 Å². The maximum Gasteiger partial charge on any atom is 0.123 e. The molecule has 102 valence electrons. The molecule has 0 amide bonds. The van der Waals surface area contributed by atoms with Crippen molar-refractivity contribution in [2.45, 2.75) is 33.2 Å². The average Bonchev–Trinajstić information content (AvgIpc) is 2.29. The number of benzene rings is 1. The molecule has 0 unspecified atom stereocenters. The third-order valence-corrected chi connectivity index (χ3v) is 3.00. The van der Waals surface area contributed by atoms with E-state index in [-0.39, 0.29) is 23.5 Å². The van der Waals surface area contributed by atoms with Crippen LogP contribution in [0.25, 0.3) is 0 Å². The first-order valence-corrected chi connectivity index (χ1v) is 6.27. The fraction of sp³-hybridized carbons (Fsp3) is 0.571. The molecular formula is C14H23NO3. The van der Waals surface area contributed by atoms with Gasteiger partial charge in [0, 0.05) is 31.3 Å². The molecule has 0 aliphatic rings. The molecule has 0 spiro atoms. The Bertz CT molecular complexity index is 377. The molecule has 1 rings (SSSR count). The molecule has 0 saturated heterocycles. The molecule has 0 saturated carbocycles. The van der Waals surface area contributed by atoms with Crippen molar-refractivity contribution in [3.63, 3.8) is 0 Å². The van der Waals surface area contributed by atoms with Gasteiger partial charge in [-0.1, -0.05) is 19.9 Å². The molecule has 0 bridgehead atoms. The lowest BCUT2D eigenvalue weighted by Crippen LogP contribution is -2.29. The Kier molecular flexibility index (Phi) is 5.44. The normalized spacial score (nSPS) is 11.7. The molecule has 0 heterocycles. The number of aliphatic hydroxyl groups is 1. The number of hydrogen-bond acceptors (Lipinski definition) is 4. The lowest BCUT2D eigenvalue weighted by molar-refractivity contribution is 0.236. The van der Waals surface area contributed by atoms with Crippen LogP contribution in [0.3, 0.4) is 0 Å². The molecule has 4 heteroatoms. The SMILES string of the molecule is CC(C)(CCCO)CNCc1ccc(O)cc1O. The van der Waals surface area contributed by atoms with Crippen molar-refractivity contribution < 1.29 is 15.3 Å². The largest absolute Gasteiger partial charge is 0.508 e. The zero-order valence-electron chi connectivity index (χ0n) is 11.1. The summed E-state index contributed by atoms with van der Waals surface area (Å²) in [4.78, 5) is 0. The Balaban J connectivity index is 2.41. The van der Waals surface area contributed by atoms with E-state index in [1.807, 2.05) is 0 Å². The van der Waals surface area contributed by atoms with Crippen molar-refractivity contribution in [2.75, 3.05) is 13.2 Å². The summed E-state index contributed by atoms with van der Waals surface area (Å²) in [6.07, 6.45) is 1.76. The standard InChI is InChI=1S/C14H23NO3/c1-14(2,6-3-7-16)10-15-9-11-4-5-12(17)8-13(11)18/h4-5,8,15-18H,3,6-7,9-10H2,1-2H3. The molecule has 0 atom stereocenters. The first-order valence-electron chi connectivity index (χ1n) is 6.27. The van der Waals surface area contributed by atoms with Crippen molar-refractivity contribution in [1.29, 1.82) is 0 Å². The van der Waals surface area contributed by atoms with Gasteiger partial charge in [0.25, 0.3) is 0 Å². The lowest BCUT2D eigenvalue weighted by atomic mass is 9.88. The monoisotopic (exact) mass is 253 g/mol. The second-order valence-electron chi connectivity index (χ2n) is 5.41. The zero-order chi connectivity index (χ0) is 13.6. The topological polar surface area (TPSA) is 72.7 Å².